The molecule has 0 saturated carbocycles. The molecule has 2 heterocycles. The minimum Gasteiger partial charge on any atom is -0.497 e. The molecule has 2 amide bonds. The predicted molar refractivity (Wildman–Crippen MR) is 149 cm³/mol. The molecule has 9 heteroatoms. The van der Waals surface area contributed by atoms with Gasteiger partial charge in [-0.05, 0) is 37.3 Å². The van der Waals surface area contributed by atoms with Gasteiger partial charge in [-0.3, -0.25) is 14.5 Å². The van der Waals surface area contributed by atoms with Crippen molar-refractivity contribution in [1.29, 1.82) is 0 Å². The fourth-order valence-electron chi connectivity index (χ4n) is 4.64. The third-order valence-electron chi connectivity index (χ3n) is 6.45. The molecule has 3 aromatic carbocycles. The first kappa shape index (κ1) is 25.4. The summed E-state index contributed by atoms with van der Waals surface area (Å²) in [5.41, 5.74) is 10.7. The molecule has 5 rings (SSSR count). The van der Waals surface area contributed by atoms with Crippen molar-refractivity contribution in [1.82, 2.24) is 9.78 Å². The smallest absolute Gasteiger partial charge is 0.238 e. The Morgan fingerprint density at radius 1 is 1.05 bits per heavy atom. The number of aryl methyl sites for hydroxylation is 1. The maximum Gasteiger partial charge on any atom is 0.238 e. The van der Waals surface area contributed by atoms with Crippen LogP contribution in [0.3, 0.4) is 0 Å². The maximum absolute atomic E-state index is 13.6. The second-order valence-electron chi connectivity index (χ2n) is 8.94. The molecule has 1 aromatic heterocycles. The van der Waals surface area contributed by atoms with Crippen LogP contribution in [-0.2, 0) is 9.59 Å². The van der Waals surface area contributed by atoms with E-state index in [1.54, 1.807) is 18.9 Å². The lowest BCUT2D eigenvalue weighted by Crippen LogP contribution is -2.40. The molecule has 1 atom stereocenters. The fourth-order valence-corrected chi connectivity index (χ4v) is 5.85. The van der Waals surface area contributed by atoms with E-state index >= 15 is 0 Å². The highest BCUT2D eigenvalue weighted by molar-refractivity contribution is 8.00. The van der Waals surface area contributed by atoms with E-state index in [4.69, 9.17) is 20.3 Å². The lowest BCUT2D eigenvalue weighted by atomic mass is 9.98. The second-order valence-corrected chi connectivity index (χ2v) is 10.0. The molecule has 0 aliphatic carbocycles. The summed E-state index contributed by atoms with van der Waals surface area (Å²) in [5, 5.41) is 4.70. The van der Waals surface area contributed by atoms with Gasteiger partial charge in [-0.1, -0.05) is 48.0 Å². The molecule has 1 aliphatic rings. The number of anilines is 1. The van der Waals surface area contributed by atoms with Gasteiger partial charge in [0.25, 0.3) is 0 Å². The Morgan fingerprint density at radius 2 is 1.79 bits per heavy atom. The number of ether oxygens (including phenoxy) is 2. The molecule has 8 nitrogen and oxygen atoms in total. The number of carbonyl (C=O) groups excluding carboxylic acids is 2. The first-order chi connectivity index (χ1) is 18.4. The van der Waals surface area contributed by atoms with E-state index in [2.05, 4.69) is 0 Å². The molecule has 4 aromatic rings. The molecule has 0 saturated heterocycles. The summed E-state index contributed by atoms with van der Waals surface area (Å²) in [6.45, 7) is 1.74. The van der Waals surface area contributed by atoms with Gasteiger partial charge in [0.1, 0.15) is 23.9 Å². The summed E-state index contributed by atoms with van der Waals surface area (Å²) in [6, 6.07) is 23.3. The van der Waals surface area contributed by atoms with Crippen molar-refractivity contribution in [2.24, 2.45) is 5.73 Å². The maximum atomic E-state index is 13.6. The van der Waals surface area contributed by atoms with Crippen LogP contribution in [0.4, 0.5) is 5.82 Å². The molecule has 1 aliphatic heterocycles. The van der Waals surface area contributed by atoms with Gasteiger partial charge in [0.15, 0.2) is 0 Å². The minimum absolute atomic E-state index is 0.134. The van der Waals surface area contributed by atoms with E-state index < -0.39 is 5.91 Å². The summed E-state index contributed by atoms with van der Waals surface area (Å²) < 4.78 is 13.0. The Labute approximate surface area is 225 Å². The highest BCUT2D eigenvalue weighted by atomic mass is 32.2. The molecule has 1 unspecified atom stereocenters. The average molecular weight is 529 g/mol. The number of aromatic nitrogens is 2. The normalized spacial score (nSPS) is 15.1. The zero-order valence-electron chi connectivity index (χ0n) is 21.4. The zero-order chi connectivity index (χ0) is 26.8. The summed E-state index contributed by atoms with van der Waals surface area (Å²) in [5.74, 6) is 1.13. The SMILES string of the molecule is COc1ccc(OC)c(C2SCC(=O)N(CC(N)=O)c3c2c(-c2ccccc2)nn3-c2ccc(C)cc2)c1. The van der Waals surface area contributed by atoms with Crippen LogP contribution in [-0.4, -0.2) is 48.1 Å². The van der Waals surface area contributed by atoms with Crippen LogP contribution < -0.4 is 20.1 Å². The fraction of sp³-hybridized carbons (Fsp3) is 0.207. The third-order valence-corrected chi connectivity index (χ3v) is 7.68. The lowest BCUT2D eigenvalue weighted by molar-refractivity contribution is -0.121. The van der Waals surface area contributed by atoms with Gasteiger partial charge in [-0.2, -0.15) is 5.10 Å². The molecule has 0 fully saturated rings. The van der Waals surface area contributed by atoms with Crippen molar-refractivity contribution >= 4 is 29.4 Å². The van der Waals surface area contributed by atoms with Crippen LogP contribution in [0.15, 0.2) is 72.8 Å². The van der Waals surface area contributed by atoms with E-state index in [1.165, 1.54) is 16.7 Å². The number of hydrogen-bond donors (Lipinski definition) is 1. The van der Waals surface area contributed by atoms with Crippen LogP contribution in [0.2, 0.25) is 0 Å². The average Bonchev–Trinajstić information content (AvgIpc) is 3.26. The van der Waals surface area contributed by atoms with Crippen LogP contribution in [0.1, 0.15) is 21.9 Å². The zero-order valence-corrected chi connectivity index (χ0v) is 22.2. The van der Waals surface area contributed by atoms with E-state index in [9.17, 15) is 9.59 Å². The number of nitrogens with zero attached hydrogens (tertiary/aromatic N) is 3. The van der Waals surface area contributed by atoms with Crippen LogP contribution in [0.5, 0.6) is 11.5 Å². The van der Waals surface area contributed by atoms with Crippen molar-refractivity contribution in [3.63, 3.8) is 0 Å². The van der Waals surface area contributed by atoms with Gasteiger partial charge in [-0.15, -0.1) is 11.8 Å². The molecule has 0 bridgehead atoms. The Kier molecular flexibility index (Phi) is 7.11. The second kappa shape index (κ2) is 10.6. The number of methoxy groups -OCH3 is 2. The number of hydrogen-bond acceptors (Lipinski definition) is 6. The molecule has 194 valence electrons. The molecule has 2 N–H and O–H groups in total. The number of fused-ring (bicyclic) bond motifs is 1. The van der Waals surface area contributed by atoms with Crippen molar-refractivity contribution in [2.75, 3.05) is 31.4 Å². The number of carbonyl (C=O) groups is 2. The number of primary amides is 1. The van der Waals surface area contributed by atoms with Gasteiger partial charge in [0, 0.05) is 16.7 Å². The van der Waals surface area contributed by atoms with Gasteiger partial charge < -0.3 is 15.2 Å². The quantitative estimate of drug-likeness (QED) is 0.379. The Hall–Kier alpha value is -4.24. The van der Waals surface area contributed by atoms with Crippen LogP contribution >= 0.6 is 11.8 Å². The minimum atomic E-state index is -0.607. The molecule has 0 radical (unpaired) electrons. The van der Waals surface area contributed by atoms with Crippen molar-refractivity contribution in [3.05, 3.63) is 89.5 Å². The topological polar surface area (TPSA) is 99.7 Å². The monoisotopic (exact) mass is 528 g/mol. The first-order valence-corrected chi connectivity index (χ1v) is 13.1. The van der Waals surface area contributed by atoms with Crippen molar-refractivity contribution in [3.8, 4) is 28.4 Å². The standard InChI is InChI=1S/C29H28N4O4S/c1-18-9-11-20(12-10-18)33-29-26(27(31-33)19-7-5-4-6-8-19)28(38-17-25(35)32(29)16-24(30)34)22-15-21(36-2)13-14-23(22)37-3/h4-15,28H,16-17H2,1-3H3,(H2,30,34). The molecular formula is C29H28N4O4S. The summed E-state index contributed by atoms with van der Waals surface area (Å²) in [6.07, 6.45) is 0. The van der Waals surface area contributed by atoms with E-state index in [0.717, 1.165) is 27.9 Å². The lowest BCUT2D eigenvalue weighted by Gasteiger charge is -2.23. The summed E-state index contributed by atoms with van der Waals surface area (Å²) in [4.78, 5) is 27.2. The van der Waals surface area contributed by atoms with Crippen molar-refractivity contribution in [2.45, 2.75) is 12.2 Å². The van der Waals surface area contributed by atoms with Gasteiger partial charge >= 0.3 is 0 Å². The molecule has 0 spiro atoms. The number of thioether (sulfide) groups is 1. The molecule has 38 heavy (non-hydrogen) atoms. The Morgan fingerprint density at radius 3 is 2.45 bits per heavy atom. The van der Waals surface area contributed by atoms with E-state index in [0.29, 0.717) is 23.0 Å². The Bertz CT molecular complexity index is 1480. The summed E-state index contributed by atoms with van der Waals surface area (Å²) in [7, 11) is 3.23. The van der Waals surface area contributed by atoms with Crippen LogP contribution in [0, 0.1) is 6.92 Å². The first-order valence-electron chi connectivity index (χ1n) is 12.1. The number of nitrogens with two attached hydrogens (primary N) is 1. The van der Waals surface area contributed by atoms with E-state index in [1.807, 2.05) is 79.7 Å². The van der Waals surface area contributed by atoms with Gasteiger partial charge in [0.05, 0.1) is 36.6 Å². The van der Waals surface area contributed by atoms with Crippen molar-refractivity contribution < 1.29 is 19.1 Å². The highest BCUT2D eigenvalue weighted by Gasteiger charge is 2.38. The highest BCUT2D eigenvalue weighted by Crippen LogP contribution is 2.51. The van der Waals surface area contributed by atoms with Gasteiger partial charge in [-0.25, -0.2) is 4.68 Å². The molecular weight excluding hydrogens is 500 g/mol. The van der Waals surface area contributed by atoms with Crippen LogP contribution in [0.25, 0.3) is 16.9 Å². The number of benzene rings is 3. The van der Waals surface area contributed by atoms with E-state index in [-0.39, 0.29) is 23.5 Å². The largest absolute Gasteiger partial charge is 0.497 e. The number of amides is 2. The van der Waals surface area contributed by atoms with Gasteiger partial charge in [0.2, 0.25) is 11.8 Å². The summed E-state index contributed by atoms with van der Waals surface area (Å²) >= 11 is 1.46. The number of rotatable bonds is 7. The Balaban J connectivity index is 1.87. The predicted octanol–water partition coefficient (Wildman–Crippen LogP) is 4.52. The third kappa shape index (κ3) is 4.72.